The molecule has 2 atom stereocenters. The first kappa shape index (κ1) is 12.8. The maximum atomic E-state index is 10.9. The predicted octanol–water partition coefficient (Wildman–Crippen LogP) is 1.52. The first-order chi connectivity index (χ1) is 7.88. The third-order valence-corrected chi connectivity index (χ3v) is 3.95. The lowest BCUT2D eigenvalue weighted by Gasteiger charge is -2.50. The summed E-state index contributed by atoms with van der Waals surface area (Å²) in [6, 6.07) is 7.02. The molecule has 0 aliphatic carbocycles. The zero-order chi connectivity index (χ0) is 12.7. The second-order valence-electron chi connectivity index (χ2n) is 5.30. The van der Waals surface area contributed by atoms with E-state index in [1.807, 2.05) is 13.8 Å². The average molecular weight is 256 g/mol. The SMILES string of the molecule is CC1(C)CNC[C@H](O)[C@@]1(O)c1ccc(Cl)cc1. The number of aliphatic hydroxyl groups excluding tert-OH is 1. The number of halogens is 1. The lowest BCUT2D eigenvalue weighted by atomic mass is 9.65. The second-order valence-corrected chi connectivity index (χ2v) is 5.74. The summed E-state index contributed by atoms with van der Waals surface area (Å²) in [4.78, 5) is 0. The smallest absolute Gasteiger partial charge is 0.123 e. The number of aliphatic hydroxyl groups is 2. The topological polar surface area (TPSA) is 52.5 Å². The van der Waals surface area contributed by atoms with Gasteiger partial charge in [0.05, 0.1) is 6.10 Å². The Labute approximate surface area is 106 Å². The molecule has 2 rings (SSSR count). The Hall–Kier alpha value is -0.610. The van der Waals surface area contributed by atoms with Crippen LogP contribution in [-0.4, -0.2) is 29.4 Å². The van der Waals surface area contributed by atoms with E-state index in [0.29, 0.717) is 23.7 Å². The maximum Gasteiger partial charge on any atom is 0.123 e. The van der Waals surface area contributed by atoms with Gasteiger partial charge in [-0.3, -0.25) is 0 Å². The molecule has 1 aliphatic rings. The molecular formula is C13H18ClNO2. The van der Waals surface area contributed by atoms with Gasteiger partial charge in [0.1, 0.15) is 5.60 Å². The van der Waals surface area contributed by atoms with Crippen LogP contribution >= 0.6 is 11.6 Å². The van der Waals surface area contributed by atoms with Crippen molar-refractivity contribution in [2.45, 2.75) is 25.6 Å². The minimum absolute atomic E-state index is 0.391. The van der Waals surface area contributed by atoms with Crippen molar-refractivity contribution in [1.82, 2.24) is 5.32 Å². The van der Waals surface area contributed by atoms with Crippen molar-refractivity contribution in [2.24, 2.45) is 5.41 Å². The summed E-state index contributed by atoms with van der Waals surface area (Å²) in [6.45, 7) is 4.93. The van der Waals surface area contributed by atoms with E-state index in [4.69, 9.17) is 11.6 Å². The molecule has 0 bridgehead atoms. The van der Waals surface area contributed by atoms with Gasteiger partial charge in [-0.25, -0.2) is 0 Å². The summed E-state index contributed by atoms with van der Waals surface area (Å²) in [7, 11) is 0. The van der Waals surface area contributed by atoms with Gasteiger partial charge in [-0.15, -0.1) is 0 Å². The zero-order valence-corrected chi connectivity index (χ0v) is 10.8. The Bertz CT molecular complexity index is 404. The first-order valence-electron chi connectivity index (χ1n) is 5.75. The van der Waals surface area contributed by atoms with Crippen molar-refractivity contribution in [1.29, 1.82) is 0 Å². The number of benzene rings is 1. The van der Waals surface area contributed by atoms with E-state index in [2.05, 4.69) is 5.32 Å². The van der Waals surface area contributed by atoms with Crippen LogP contribution in [0, 0.1) is 5.41 Å². The molecule has 0 radical (unpaired) electrons. The summed E-state index contributed by atoms with van der Waals surface area (Å²) in [5.41, 5.74) is -0.984. The number of rotatable bonds is 1. The van der Waals surface area contributed by atoms with Crippen LogP contribution in [0.1, 0.15) is 19.4 Å². The van der Waals surface area contributed by atoms with Crippen LogP contribution < -0.4 is 5.32 Å². The summed E-state index contributed by atoms with van der Waals surface area (Å²) in [5, 5.41) is 24.8. The summed E-state index contributed by atoms with van der Waals surface area (Å²) in [5.74, 6) is 0. The van der Waals surface area contributed by atoms with E-state index in [9.17, 15) is 10.2 Å². The van der Waals surface area contributed by atoms with Gasteiger partial charge in [0.25, 0.3) is 0 Å². The molecule has 0 saturated carbocycles. The Morgan fingerprint density at radius 1 is 1.29 bits per heavy atom. The Morgan fingerprint density at radius 2 is 1.88 bits per heavy atom. The van der Waals surface area contributed by atoms with Crippen molar-refractivity contribution in [3.63, 3.8) is 0 Å². The Balaban J connectivity index is 2.47. The molecule has 1 heterocycles. The van der Waals surface area contributed by atoms with Crippen LogP contribution in [0.15, 0.2) is 24.3 Å². The molecule has 1 saturated heterocycles. The van der Waals surface area contributed by atoms with Crippen LogP contribution in [0.4, 0.5) is 0 Å². The van der Waals surface area contributed by atoms with Gasteiger partial charge in [-0.1, -0.05) is 37.6 Å². The molecule has 3 nitrogen and oxygen atoms in total. The highest BCUT2D eigenvalue weighted by atomic mass is 35.5. The number of β-amino-alcohol motifs (C(OH)–C–C–N with tert-alkyl or cyclic N) is 1. The molecule has 0 spiro atoms. The van der Waals surface area contributed by atoms with Crippen LogP contribution in [0.5, 0.6) is 0 Å². The van der Waals surface area contributed by atoms with Crippen LogP contribution in [-0.2, 0) is 5.60 Å². The number of hydrogen-bond acceptors (Lipinski definition) is 3. The number of piperidine rings is 1. The maximum absolute atomic E-state index is 10.9. The van der Waals surface area contributed by atoms with Crippen LogP contribution in [0.25, 0.3) is 0 Å². The molecule has 0 amide bonds. The van der Waals surface area contributed by atoms with Gasteiger partial charge >= 0.3 is 0 Å². The van der Waals surface area contributed by atoms with Crippen molar-refractivity contribution < 1.29 is 10.2 Å². The molecule has 1 fully saturated rings. The fourth-order valence-electron chi connectivity index (χ4n) is 2.54. The van der Waals surface area contributed by atoms with Crippen LogP contribution in [0.3, 0.4) is 0 Å². The van der Waals surface area contributed by atoms with E-state index in [-0.39, 0.29) is 0 Å². The van der Waals surface area contributed by atoms with E-state index in [1.165, 1.54) is 0 Å². The van der Waals surface area contributed by atoms with Crippen molar-refractivity contribution in [3.8, 4) is 0 Å². The van der Waals surface area contributed by atoms with E-state index in [1.54, 1.807) is 24.3 Å². The molecule has 17 heavy (non-hydrogen) atoms. The standard InChI is InChI=1S/C13H18ClNO2/c1-12(2)8-15-7-11(16)13(12,17)9-3-5-10(14)6-4-9/h3-6,11,15-17H,7-8H2,1-2H3/t11-,13-/m0/s1. The number of nitrogens with one attached hydrogen (secondary N) is 1. The normalized spacial score (nSPS) is 32.4. The third kappa shape index (κ3) is 1.97. The predicted molar refractivity (Wildman–Crippen MR) is 68.0 cm³/mol. The minimum Gasteiger partial charge on any atom is -0.388 e. The Kier molecular flexibility index (Phi) is 3.21. The van der Waals surface area contributed by atoms with Crippen molar-refractivity contribution >= 4 is 11.6 Å². The summed E-state index contributed by atoms with van der Waals surface area (Å²) >= 11 is 5.85. The lowest BCUT2D eigenvalue weighted by Crippen LogP contribution is -2.62. The zero-order valence-electron chi connectivity index (χ0n) is 10.1. The molecule has 3 N–H and O–H groups in total. The Morgan fingerprint density at radius 3 is 2.41 bits per heavy atom. The minimum atomic E-state index is -1.25. The highest BCUT2D eigenvalue weighted by molar-refractivity contribution is 6.30. The van der Waals surface area contributed by atoms with Gasteiger partial charge in [0, 0.05) is 23.5 Å². The second kappa shape index (κ2) is 4.25. The number of hydrogen-bond donors (Lipinski definition) is 3. The van der Waals surface area contributed by atoms with E-state index in [0.717, 1.165) is 0 Å². The molecule has 94 valence electrons. The molecule has 0 unspecified atom stereocenters. The molecule has 1 aromatic rings. The molecule has 1 aromatic carbocycles. The van der Waals surface area contributed by atoms with E-state index >= 15 is 0 Å². The van der Waals surface area contributed by atoms with Gasteiger partial charge in [0.15, 0.2) is 0 Å². The van der Waals surface area contributed by atoms with Gasteiger partial charge < -0.3 is 15.5 Å². The summed E-state index contributed by atoms with van der Waals surface area (Å²) < 4.78 is 0. The fraction of sp³-hybridized carbons (Fsp3) is 0.538. The highest BCUT2D eigenvalue weighted by Gasteiger charge is 2.52. The van der Waals surface area contributed by atoms with Gasteiger partial charge in [-0.2, -0.15) is 0 Å². The summed E-state index contributed by atoms with van der Waals surface area (Å²) in [6.07, 6.45) is -0.826. The monoisotopic (exact) mass is 255 g/mol. The lowest BCUT2D eigenvalue weighted by molar-refractivity contribution is -0.170. The third-order valence-electron chi connectivity index (χ3n) is 3.70. The van der Waals surface area contributed by atoms with E-state index < -0.39 is 17.1 Å². The van der Waals surface area contributed by atoms with Crippen molar-refractivity contribution in [2.75, 3.05) is 13.1 Å². The van der Waals surface area contributed by atoms with Gasteiger partial charge in [-0.05, 0) is 17.7 Å². The fourth-order valence-corrected chi connectivity index (χ4v) is 2.67. The highest BCUT2D eigenvalue weighted by Crippen LogP contribution is 2.44. The van der Waals surface area contributed by atoms with Crippen molar-refractivity contribution in [3.05, 3.63) is 34.9 Å². The first-order valence-corrected chi connectivity index (χ1v) is 6.13. The van der Waals surface area contributed by atoms with Gasteiger partial charge in [0.2, 0.25) is 0 Å². The average Bonchev–Trinajstić information content (AvgIpc) is 2.26. The molecule has 0 aromatic heterocycles. The molecule has 1 aliphatic heterocycles. The molecular weight excluding hydrogens is 238 g/mol. The van der Waals surface area contributed by atoms with Crippen LogP contribution in [0.2, 0.25) is 5.02 Å². The quantitative estimate of drug-likeness (QED) is 0.713. The molecule has 4 heteroatoms. The largest absolute Gasteiger partial charge is 0.388 e.